The van der Waals surface area contributed by atoms with E-state index in [0.29, 0.717) is 18.7 Å². The number of aliphatic hydroxyl groups excluding tert-OH is 2. The Balaban J connectivity index is 1.67. The molecule has 0 radical (unpaired) electrons. The molecule has 16 heteroatoms. The highest BCUT2D eigenvalue weighted by Crippen LogP contribution is 2.32. The Morgan fingerprint density at radius 1 is 0.833 bits per heavy atom. The zero-order valence-electron chi connectivity index (χ0n) is 27.9. The van der Waals surface area contributed by atoms with Gasteiger partial charge in [-0.3, -0.25) is 14.4 Å². The molecule has 2 heterocycles. The van der Waals surface area contributed by atoms with Crippen LogP contribution in [0.1, 0.15) is 22.8 Å². The minimum atomic E-state index is -1.40. The fourth-order valence-electron chi connectivity index (χ4n) is 5.92. The summed E-state index contributed by atoms with van der Waals surface area (Å²) >= 11 is 0. The molecule has 1 aromatic rings. The first kappa shape index (κ1) is 39.4. The minimum absolute atomic E-state index is 0.0000340. The number of methoxy groups -OCH3 is 4. The number of nitrogens with one attached hydrogen (secondary N) is 2. The van der Waals surface area contributed by atoms with E-state index in [1.165, 1.54) is 35.4 Å². The first-order valence-corrected chi connectivity index (χ1v) is 15.6. The van der Waals surface area contributed by atoms with Crippen LogP contribution < -0.4 is 10.6 Å². The molecule has 16 nitrogen and oxygen atoms in total. The normalized spacial score (nSPS) is 30.3. The molecule has 0 aliphatic carbocycles. The summed E-state index contributed by atoms with van der Waals surface area (Å²) in [6.45, 7) is 1.84. The first-order valence-electron chi connectivity index (χ1n) is 15.6. The van der Waals surface area contributed by atoms with Gasteiger partial charge in [0.1, 0.15) is 42.9 Å². The summed E-state index contributed by atoms with van der Waals surface area (Å²) in [5.41, 5.74) is 1.55. The number of amides is 1. The van der Waals surface area contributed by atoms with Gasteiger partial charge >= 0.3 is 11.9 Å². The van der Waals surface area contributed by atoms with E-state index in [1.807, 2.05) is 12.1 Å². The Bertz CT molecular complexity index is 1170. The Hall–Kier alpha value is -3.06. The van der Waals surface area contributed by atoms with Crippen molar-refractivity contribution in [2.75, 3.05) is 68.0 Å². The van der Waals surface area contributed by atoms with Crippen LogP contribution in [0.2, 0.25) is 0 Å². The number of esters is 2. The van der Waals surface area contributed by atoms with Gasteiger partial charge in [0.05, 0.1) is 45.6 Å². The SMILES string of the molecule is COCC1OC(C(=O)NCCNCc2ccc(C=O)cc2)C(COCC2OC(C(=O)OC)C(COC)C(OC(C)=O)C2O)C(OC)C1O. The van der Waals surface area contributed by atoms with Gasteiger partial charge in [0, 0.05) is 59.4 Å². The predicted molar refractivity (Wildman–Crippen MR) is 166 cm³/mol. The van der Waals surface area contributed by atoms with Gasteiger partial charge in [-0.1, -0.05) is 24.3 Å². The number of aliphatic hydroxyl groups is 2. The molecule has 0 bridgehead atoms. The maximum Gasteiger partial charge on any atom is 0.335 e. The Morgan fingerprint density at radius 2 is 1.46 bits per heavy atom. The number of ether oxygens (including phenoxy) is 8. The maximum atomic E-state index is 13.4. The average Bonchev–Trinajstić information content (AvgIpc) is 3.08. The van der Waals surface area contributed by atoms with Crippen LogP contribution in [0.4, 0.5) is 0 Å². The second-order valence-corrected chi connectivity index (χ2v) is 11.6. The van der Waals surface area contributed by atoms with Gasteiger partial charge in [-0.05, 0) is 5.56 Å². The highest BCUT2D eigenvalue weighted by molar-refractivity contribution is 5.81. The van der Waals surface area contributed by atoms with Crippen molar-refractivity contribution in [3.8, 4) is 0 Å². The summed E-state index contributed by atoms with van der Waals surface area (Å²) < 4.78 is 44.1. The highest BCUT2D eigenvalue weighted by atomic mass is 16.6. The van der Waals surface area contributed by atoms with Crippen LogP contribution >= 0.6 is 0 Å². The fraction of sp³-hybridized carbons (Fsp3) is 0.688. The smallest absolute Gasteiger partial charge is 0.335 e. The average molecular weight is 685 g/mol. The third-order valence-corrected chi connectivity index (χ3v) is 8.29. The molecular formula is C32H48N2O14. The first-order chi connectivity index (χ1) is 23.1. The zero-order chi connectivity index (χ0) is 35.2. The summed E-state index contributed by atoms with van der Waals surface area (Å²) in [4.78, 5) is 48.8. The highest BCUT2D eigenvalue weighted by Gasteiger charge is 2.51. The molecule has 2 fully saturated rings. The van der Waals surface area contributed by atoms with Crippen LogP contribution in [-0.2, 0) is 58.8 Å². The molecule has 270 valence electrons. The van der Waals surface area contributed by atoms with Crippen molar-refractivity contribution in [2.45, 2.75) is 62.3 Å². The molecular weight excluding hydrogens is 636 g/mol. The van der Waals surface area contributed by atoms with Crippen molar-refractivity contribution >= 4 is 24.1 Å². The van der Waals surface area contributed by atoms with Crippen LogP contribution in [0.3, 0.4) is 0 Å². The molecule has 0 spiro atoms. The molecule has 1 aromatic carbocycles. The van der Waals surface area contributed by atoms with Gasteiger partial charge in [0.2, 0.25) is 5.91 Å². The number of rotatable bonds is 18. The zero-order valence-corrected chi connectivity index (χ0v) is 27.9. The summed E-state index contributed by atoms with van der Waals surface area (Å²) in [7, 11) is 5.41. The Labute approximate surface area is 279 Å². The van der Waals surface area contributed by atoms with E-state index in [0.717, 1.165) is 11.8 Å². The molecule has 0 aromatic heterocycles. The van der Waals surface area contributed by atoms with Crippen LogP contribution in [-0.4, -0.2) is 151 Å². The molecule has 0 saturated carbocycles. The largest absolute Gasteiger partial charge is 0.467 e. The second-order valence-electron chi connectivity index (χ2n) is 11.6. The van der Waals surface area contributed by atoms with Crippen LogP contribution in [0.25, 0.3) is 0 Å². The Morgan fingerprint density at radius 3 is 2.06 bits per heavy atom. The van der Waals surface area contributed by atoms with Gasteiger partial charge in [-0.2, -0.15) is 0 Å². The van der Waals surface area contributed by atoms with Crippen molar-refractivity contribution in [1.29, 1.82) is 0 Å². The maximum absolute atomic E-state index is 13.4. The molecule has 4 N–H and O–H groups in total. The molecule has 2 aliphatic rings. The third-order valence-electron chi connectivity index (χ3n) is 8.29. The fourth-order valence-corrected chi connectivity index (χ4v) is 5.92. The molecule has 2 saturated heterocycles. The third kappa shape index (κ3) is 10.5. The van der Waals surface area contributed by atoms with Crippen molar-refractivity contribution in [2.24, 2.45) is 11.8 Å². The van der Waals surface area contributed by atoms with Gasteiger partial charge in [0.25, 0.3) is 0 Å². The quantitative estimate of drug-likeness (QED) is 0.0799. The number of hydrogen-bond acceptors (Lipinski definition) is 15. The molecule has 48 heavy (non-hydrogen) atoms. The van der Waals surface area contributed by atoms with Crippen LogP contribution in [0, 0.1) is 11.8 Å². The lowest BCUT2D eigenvalue weighted by atomic mass is 9.86. The minimum Gasteiger partial charge on any atom is -0.467 e. The molecule has 10 unspecified atom stereocenters. The Kier molecular flexibility index (Phi) is 16.3. The monoisotopic (exact) mass is 684 g/mol. The van der Waals surface area contributed by atoms with Gasteiger partial charge < -0.3 is 58.7 Å². The molecule has 2 aliphatic heterocycles. The molecule has 10 atom stereocenters. The van der Waals surface area contributed by atoms with E-state index in [4.69, 9.17) is 37.9 Å². The van der Waals surface area contributed by atoms with Crippen molar-refractivity contribution in [3.63, 3.8) is 0 Å². The molecule has 1 amide bonds. The predicted octanol–water partition coefficient (Wildman–Crippen LogP) is -1.38. The standard InChI is InChI=1S/C32H48N2O14/c1-18(36)46-28-21(14-41-2)30(32(40)44-5)48-24(26(28)38)17-45-15-22-27(43-4)25(37)23(16-42-3)47-29(22)31(39)34-11-10-33-12-19-6-8-20(13-35)9-7-19/h6-9,13,21-30,33,37-38H,10-12,14-17H2,1-5H3,(H,34,39). The van der Waals surface area contributed by atoms with E-state index < -0.39 is 78.5 Å². The second kappa shape index (κ2) is 19.8. The van der Waals surface area contributed by atoms with Crippen molar-refractivity contribution in [3.05, 3.63) is 35.4 Å². The van der Waals surface area contributed by atoms with Crippen molar-refractivity contribution in [1.82, 2.24) is 10.6 Å². The topological polar surface area (TPSA) is 207 Å². The van der Waals surface area contributed by atoms with Crippen LogP contribution in [0.5, 0.6) is 0 Å². The number of hydrogen-bond donors (Lipinski definition) is 4. The number of benzene rings is 1. The van der Waals surface area contributed by atoms with E-state index >= 15 is 0 Å². The molecule has 3 rings (SSSR count). The van der Waals surface area contributed by atoms with Gasteiger partial charge in [-0.15, -0.1) is 0 Å². The summed E-state index contributed by atoms with van der Waals surface area (Å²) in [5, 5.41) is 28.2. The van der Waals surface area contributed by atoms with E-state index in [2.05, 4.69) is 10.6 Å². The van der Waals surface area contributed by atoms with Crippen LogP contribution in [0.15, 0.2) is 24.3 Å². The van der Waals surface area contributed by atoms with E-state index in [-0.39, 0.29) is 33.0 Å². The van der Waals surface area contributed by atoms with Crippen molar-refractivity contribution < 1.29 is 67.3 Å². The number of carbonyl (C=O) groups excluding carboxylic acids is 4. The lowest BCUT2D eigenvalue weighted by molar-refractivity contribution is -0.243. The lowest BCUT2D eigenvalue weighted by Crippen LogP contribution is -2.62. The number of carbonyl (C=O) groups is 4. The number of aldehydes is 1. The summed E-state index contributed by atoms with van der Waals surface area (Å²) in [6, 6.07) is 7.12. The van der Waals surface area contributed by atoms with Gasteiger partial charge in [-0.25, -0.2) is 4.79 Å². The lowest BCUT2D eigenvalue weighted by Gasteiger charge is -2.44. The summed E-state index contributed by atoms with van der Waals surface area (Å²) in [6.07, 6.45) is -8.22. The van der Waals surface area contributed by atoms with Gasteiger partial charge in [0.15, 0.2) is 6.10 Å². The van der Waals surface area contributed by atoms with E-state index in [1.54, 1.807) is 12.1 Å². The van der Waals surface area contributed by atoms with E-state index in [9.17, 15) is 29.4 Å². The summed E-state index contributed by atoms with van der Waals surface area (Å²) in [5.74, 6) is -3.57.